The zero-order chi connectivity index (χ0) is 38.2. The van der Waals surface area contributed by atoms with E-state index < -0.39 is 36.6 Å². The van der Waals surface area contributed by atoms with E-state index in [1.54, 1.807) is 29.8 Å². The van der Waals surface area contributed by atoms with Gasteiger partial charge in [0.2, 0.25) is 0 Å². The summed E-state index contributed by atoms with van der Waals surface area (Å²) in [4.78, 5) is 36.3. The Kier molecular flexibility index (Phi) is 17.8. The molecule has 6 aromatic rings. The summed E-state index contributed by atoms with van der Waals surface area (Å²) in [5.74, 6) is 0. The minimum atomic E-state index is -4.78. The van der Waals surface area contributed by atoms with E-state index in [-0.39, 0.29) is 0 Å². The maximum absolute atomic E-state index is 12.2. The summed E-state index contributed by atoms with van der Waals surface area (Å²) >= 11 is 7.19. The minimum Gasteiger partial charge on any atom is -0.588 e. The van der Waals surface area contributed by atoms with Crippen LogP contribution < -0.4 is 4.89 Å². The molecule has 15 heteroatoms. The van der Waals surface area contributed by atoms with E-state index in [4.69, 9.17) is 9.79 Å². The van der Waals surface area contributed by atoms with E-state index >= 15 is 0 Å². The van der Waals surface area contributed by atoms with Crippen molar-refractivity contribution in [1.29, 1.82) is 0 Å². The lowest BCUT2D eigenvalue weighted by Gasteiger charge is -2.17. The molecule has 2 heterocycles. The van der Waals surface area contributed by atoms with Crippen molar-refractivity contribution in [3.63, 3.8) is 0 Å². The number of fused-ring (bicyclic) bond motifs is 4. The van der Waals surface area contributed by atoms with Crippen LogP contribution in [0.15, 0.2) is 207 Å². The fourth-order valence-corrected chi connectivity index (χ4v) is 10.2. The van der Waals surface area contributed by atoms with E-state index in [2.05, 4.69) is 66.9 Å². The second-order valence-corrected chi connectivity index (χ2v) is 21.4. The zero-order valence-electron chi connectivity index (χ0n) is 28.3. The second kappa shape index (κ2) is 21.9. The summed E-state index contributed by atoms with van der Waals surface area (Å²) in [6, 6.07) is 52.6. The molecule has 0 radical (unpaired) electrons. The summed E-state index contributed by atoms with van der Waals surface area (Å²) in [6.45, 7) is 0. The van der Waals surface area contributed by atoms with E-state index in [1.165, 1.54) is 24.5 Å². The standard InChI is InChI=1S/C12H8OS2.C12H8S2.C7H8OS.C7H8S.H2O5P2/c13-15-11-7-3-1-5-9(11)14-10-6-2-4-8-12(10)15;1-2-6-10-9(5-1)13-11-7-3-4-8-12(11)14-10;1-9(8)7-5-3-2-4-6-7;1-8-7-5-3-2-4-6-7;1-6(2)7(3,4)5/h1-8H;1-8H;2-6H,1H3;2-6H,1H3;(H2,3,4,5). The molecule has 0 bridgehead atoms. The highest BCUT2D eigenvalue weighted by Crippen LogP contribution is 2.56. The van der Waals surface area contributed by atoms with Gasteiger partial charge in [-0.15, -0.1) is 11.8 Å². The fraction of sp³-hybridized carbons (Fsp3) is 0.0526. The molecule has 0 aliphatic carbocycles. The Morgan fingerprint density at radius 1 is 0.604 bits per heavy atom. The zero-order valence-corrected chi connectivity index (χ0v) is 35.0. The molecular formula is C38H34O7P2S6. The van der Waals surface area contributed by atoms with Gasteiger partial charge in [0.05, 0.1) is 20.6 Å². The largest absolute Gasteiger partial charge is 0.588 e. The van der Waals surface area contributed by atoms with Crippen molar-refractivity contribution in [3.8, 4) is 0 Å². The Morgan fingerprint density at radius 3 is 1.21 bits per heavy atom. The van der Waals surface area contributed by atoms with Gasteiger partial charge in [0.1, 0.15) is 0 Å². The molecule has 6 aromatic carbocycles. The van der Waals surface area contributed by atoms with Crippen LogP contribution in [0, 0.1) is 0 Å². The third-order valence-corrected chi connectivity index (χ3v) is 15.6. The van der Waals surface area contributed by atoms with Gasteiger partial charge in [0, 0.05) is 56.2 Å². The van der Waals surface area contributed by atoms with E-state index in [1.807, 2.05) is 121 Å². The van der Waals surface area contributed by atoms with Gasteiger partial charge in [0.15, 0.2) is 0 Å². The topological polar surface area (TPSA) is 132 Å². The van der Waals surface area contributed by atoms with E-state index in [0.29, 0.717) is 0 Å². The highest BCUT2D eigenvalue weighted by atomic mass is 32.2. The molecule has 0 spiro atoms. The van der Waals surface area contributed by atoms with Gasteiger partial charge in [-0.2, -0.15) is 0 Å². The molecule has 0 amide bonds. The van der Waals surface area contributed by atoms with Crippen molar-refractivity contribution in [2.75, 3.05) is 12.5 Å². The molecular weight excluding hydrogens is 823 g/mol. The monoisotopic (exact) mass is 856 g/mol. The highest BCUT2D eigenvalue weighted by Gasteiger charge is 2.30. The van der Waals surface area contributed by atoms with Crippen molar-refractivity contribution >= 4 is 83.6 Å². The normalized spacial score (nSPS) is 13.0. The van der Waals surface area contributed by atoms with Crippen LogP contribution in [0.3, 0.4) is 0 Å². The van der Waals surface area contributed by atoms with Crippen LogP contribution in [0.5, 0.6) is 0 Å². The van der Waals surface area contributed by atoms with Gasteiger partial charge in [-0.05, 0) is 79.1 Å². The maximum Gasteiger partial charge on any atom is 0.561 e. The molecule has 0 saturated heterocycles. The van der Waals surface area contributed by atoms with Crippen molar-refractivity contribution < 1.29 is 32.2 Å². The number of thioether (sulfide) groups is 1. The van der Waals surface area contributed by atoms with Crippen LogP contribution >= 0.6 is 62.0 Å². The molecule has 0 saturated carbocycles. The Morgan fingerprint density at radius 2 is 0.906 bits per heavy atom. The van der Waals surface area contributed by atoms with Crippen molar-refractivity contribution in [1.82, 2.24) is 0 Å². The maximum atomic E-state index is 12.2. The number of hydrogen-bond donors (Lipinski definition) is 2. The fourth-order valence-electron chi connectivity index (χ4n) is 4.26. The molecule has 2 N–H and O–H groups in total. The van der Waals surface area contributed by atoms with Gasteiger partial charge in [-0.25, -0.2) is 8.77 Å². The van der Waals surface area contributed by atoms with Crippen molar-refractivity contribution in [2.24, 2.45) is 0 Å². The number of rotatable bonds is 3. The Labute approximate surface area is 332 Å². The van der Waals surface area contributed by atoms with E-state index in [9.17, 15) is 22.4 Å². The molecule has 7 nitrogen and oxygen atoms in total. The third kappa shape index (κ3) is 13.8. The molecule has 2 unspecified atom stereocenters. The molecule has 274 valence electrons. The van der Waals surface area contributed by atoms with E-state index in [0.717, 1.165) is 24.5 Å². The van der Waals surface area contributed by atoms with Crippen molar-refractivity contribution in [2.45, 2.75) is 49.0 Å². The van der Waals surface area contributed by atoms with Crippen LogP contribution in [0.2, 0.25) is 0 Å². The first-order chi connectivity index (χ1) is 25.5. The lowest BCUT2D eigenvalue weighted by Crippen LogP contribution is -2.01. The van der Waals surface area contributed by atoms with Gasteiger partial charge >= 0.3 is 15.0 Å². The average Bonchev–Trinajstić information content (AvgIpc) is 3.18. The first kappa shape index (κ1) is 43.0. The van der Waals surface area contributed by atoms with Gasteiger partial charge in [-0.3, -0.25) is 14.0 Å². The summed E-state index contributed by atoms with van der Waals surface area (Å²) < 4.78 is 41.7. The lowest BCUT2D eigenvalue weighted by atomic mass is 10.3. The highest BCUT2D eigenvalue weighted by molar-refractivity contribution is 8.19. The molecule has 2 atom stereocenters. The SMILES string of the molecule is CS(=O)c1ccccc1.CSc1ccccc1.O=S1c2ccccc2Sc2ccccc21.O=[P+]([O-])P(=O)(O)O.c1ccc2c(c1)Sc1ccccc1S2. The Hall–Kier alpha value is -2.77. The Bertz CT molecular complexity index is 2070. The lowest BCUT2D eigenvalue weighted by molar-refractivity contribution is -0.160. The van der Waals surface area contributed by atoms with Gasteiger partial charge in [-0.1, -0.05) is 125 Å². The number of hydrogen-bond acceptors (Lipinski definition) is 9. The molecule has 0 aromatic heterocycles. The van der Waals surface area contributed by atoms with Crippen LogP contribution in [0.1, 0.15) is 0 Å². The first-order valence-corrected chi connectivity index (χ1v) is 25.3. The molecule has 53 heavy (non-hydrogen) atoms. The third-order valence-electron chi connectivity index (χ3n) is 6.72. The Balaban J connectivity index is 0.000000153. The first-order valence-electron chi connectivity index (χ1n) is 15.5. The van der Waals surface area contributed by atoms with Crippen LogP contribution in [0.4, 0.5) is 0 Å². The van der Waals surface area contributed by atoms with Crippen LogP contribution in [-0.4, -0.2) is 30.7 Å². The minimum absolute atomic E-state index is 0.829. The molecule has 0 fully saturated rings. The molecule has 8 rings (SSSR count). The summed E-state index contributed by atoms with van der Waals surface area (Å²) in [7, 11) is -10.2. The predicted molar refractivity (Wildman–Crippen MR) is 219 cm³/mol. The summed E-state index contributed by atoms with van der Waals surface area (Å²) in [5.41, 5.74) is 0. The molecule has 2 aliphatic rings. The molecule has 2 aliphatic heterocycles. The second-order valence-electron chi connectivity index (χ2n) is 10.4. The van der Waals surface area contributed by atoms with Gasteiger partial charge < -0.3 is 4.89 Å². The quantitative estimate of drug-likeness (QED) is 0.130. The smallest absolute Gasteiger partial charge is 0.561 e. The summed E-state index contributed by atoms with van der Waals surface area (Å²) in [5, 5.41) is 0. The van der Waals surface area contributed by atoms with Crippen LogP contribution in [0.25, 0.3) is 0 Å². The average molecular weight is 857 g/mol. The van der Waals surface area contributed by atoms with Crippen molar-refractivity contribution in [3.05, 3.63) is 158 Å². The van der Waals surface area contributed by atoms with Gasteiger partial charge in [0.25, 0.3) is 0 Å². The number of benzene rings is 6. The summed E-state index contributed by atoms with van der Waals surface area (Å²) in [6.07, 6.45) is 3.75. The predicted octanol–water partition coefficient (Wildman–Crippen LogP) is 10.6. The van der Waals surface area contributed by atoms with Crippen LogP contribution in [-0.2, 0) is 30.7 Å².